The van der Waals surface area contributed by atoms with Crippen molar-refractivity contribution in [3.05, 3.63) is 23.9 Å². The minimum Gasteiger partial charge on any atom is -0.353 e. The zero-order valence-corrected chi connectivity index (χ0v) is 10.3. The van der Waals surface area contributed by atoms with E-state index in [1.807, 2.05) is 6.07 Å². The van der Waals surface area contributed by atoms with Crippen LogP contribution in [-0.2, 0) is 6.54 Å². The van der Waals surface area contributed by atoms with Crippen LogP contribution < -0.4 is 16.0 Å². The van der Waals surface area contributed by atoms with E-state index in [2.05, 4.69) is 34.3 Å². The molecule has 2 aliphatic heterocycles. The van der Waals surface area contributed by atoms with Crippen LogP contribution in [0.25, 0.3) is 0 Å². The topological polar surface area (TPSA) is 54.2 Å². The molecule has 1 aromatic rings. The van der Waals surface area contributed by atoms with Gasteiger partial charge in [-0.2, -0.15) is 0 Å². The van der Waals surface area contributed by atoms with Gasteiger partial charge in [0.25, 0.3) is 0 Å². The normalized spacial score (nSPS) is 31.9. The number of hydrogen-bond donors (Lipinski definition) is 2. The SMILES string of the molecule is C[C@@]12CC[C@@H](CN(c3cccc(CN)n3)C1)N2. The molecular formula is C13H20N4. The van der Waals surface area contributed by atoms with E-state index >= 15 is 0 Å². The maximum Gasteiger partial charge on any atom is 0.128 e. The second-order valence-electron chi connectivity index (χ2n) is 5.51. The van der Waals surface area contributed by atoms with Gasteiger partial charge in [0.15, 0.2) is 0 Å². The standard InChI is InChI=1S/C13H20N4/c1-13-6-5-11(16-13)8-17(9-13)12-4-2-3-10(7-14)15-12/h2-4,11,16H,5-9,14H2,1H3/t11-,13+/m0/s1. The smallest absolute Gasteiger partial charge is 0.128 e. The largest absolute Gasteiger partial charge is 0.353 e. The van der Waals surface area contributed by atoms with Gasteiger partial charge in [-0.15, -0.1) is 0 Å². The highest BCUT2D eigenvalue weighted by Crippen LogP contribution is 2.31. The lowest BCUT2D eigenvalue weighted by atomic mass is 10.00. The number of piperazine rings is 1. The first kappa shape index (κ1) is 11.0. The summed E-state index contributed by atoms with van der Waals surface area (Å²) in [5.74, 6) is 1.08. The van der Waals surface area contributed by atoms with E-state index in [9.17, 15) is 0 Å². The molecule has 2 fully saturated rings. The molecule has 17 heavy (non-hydrogen) atoms. The van der Waals surface area contributed by atoms with Gasteiger partial charge in [-0.25, -0.2) is 4.98 Å². The lowest BCUT2D eigenvalue weighted by Crippen LogP contribution is -2.58. The Bertz CT molecular complexity index is 420. The van der Waals surface area contributed by atoms with Crippen LogP contribution in [0.5, 0.6) is 0 Å². The predicted molar refractivity (Wildman–Crippen MR) is 68.9 cm³/mol. The number of rotatable bonds is 2. The number of nitrogens with two attached hydrogens (primary N) is 1. The molecule has 2 bridgehead atoms. The molecule has 4 heteroatoms. The Morgan fingerprint density at radius 1 is 1.59 bits per heavy atom. The average Bonchev–Trinajstić information content (AvgIpc) is 2.63. The van der Waals surface area contributed by atoms with Crippen LogP contribution in [0.1, 0.15) is 25.5 Å². The highest BCUT2D eigenvalue weighted by atomic mass is 15.3. The van der Waals surface area contributed by atoms with Gasteiger partial charge >= 0.3 is 0 Å². The van der Waals surface area contributed by atoms with Crippen LogP contribution in [0.2, 0.25) is 0 Å². The van der Waals surface area contributed by atoms with Crippen molar-refractivity contribution in [2.75, 3.05) is 18.0 Å². The summed E-state index contributed by atoms with van der Waals surface area (Å²) in [7, 11) is 0. The summed E-state index contributed by atoms with van der Waals surface area (Å²) in [6.45, 7) is 4.94. The van der Waals surface area contributed by atoms with Crippen molar-refractivity contribution in [1.29, 1.82) is 0 Å². The first-order chi connectivity index (χ1) is 8.18. The van der Waals surface area contributed by atoms with Gasteiger partial charge in [-0.05, 0) is 31.9 Å². The molecule has 0 aliphatic carbocycles. The number of aromatic nitrogens is 1. The monoisotopic (exact) mass is 232 g/mol. The minimum absolute atomic E-state index is 0.267. The highest BCUT2D eigenvalue weighted by molar-refractivity contribution is 5.42. The third-order valence-corrected chi connectivity index (χ3v) is 3.90. The van der Waals surface area contributed by atoms with E-state index in [1.54, 1.807) is 0 Å². The minimum atomic E-state index is 0.267. The number of anilines is 1. The fourth-order valence-corrected chi connectivity index (χ4v) is 3.07. The van der Waals surface area contributed by atoms with E-state index in [1.165, 1.54) is 12.8 Å². The number of fused-ring (bicyclic) bond motifs is 2. The van der Waals surface area contributed by atoms with Gasteiger partial charge in [0.1, 0.15) is 5.82 Å². The number of pyridine rings is 1. The van der Waals surface area contributed by atoms with Crippen molar-refractivity contribution in [2.45, 2.75) is 37.9 Å². The maximum atomic E-state index is 5.65. The Morgan fingerprint density at radius 2 is 2.47 bits per heavy atom. The molecule has 1 aromatic heterocycles. The highest BCUT2D eigenvalue weighted by Gasteiger charge is 2.41. The zero-order chi connectivity index (χ0) is 11.9. The molecule has 0 aromatic carbocycles. The molecule has 0 saturated carbocycles. The Morgan fingerprint density at radius 3 is 3.24 bits per heavy atom. The van der Waals surface area contributed by atoms with Gasteiger partial charge < -0.3 is 16.0 Å². The van der Waals surface area contributed by atoms with E-state index in [0.717, 1.165) is 24.6 Å². The van der Waals surface area contributed by atoms with Crippen molar-refractivity contribution >= 4 is 5.82 Å². The fourth-order valence-electron chi connectivity index (χ4n) is 3.07. The molecule has 3 rings (SSSR count). The van der Waals surface area contributed by atoms with Crippen LogP contribution in [0, 0.1) is 0 Å². The lowest BCUT2D eigenvalue weighted by molar-refractivity contribution is 0.348. The molecule has 2 atom stereocenters. The van der Waals surface area contributed by atoms with Gasteiger partial charge in [0, 0.05) is 31.2 Å². The van der Waals surface area contributed by atoms with E-state index in [4.69, 9.17) is 5.73 Å². The maximum absolute atomic E-state index is 5.65. The molecule has 0 amide bonds. The van der Waals surface area contributed by atoms with E-state index in [0.29, 0.717) is 12.6 Å². The van der Waals surface area contributed by atoms with Crippen molar-refractivity contribution in [1.82, 2.24) is 10.3 Å². The van der Waals surface area contributed by atoms with Crippen molar-refractivity contribution in [3.63, 3.8) is 0 Å². The molecule has 2 aliphatic rings. The summed E-state index contributed by atoms with van der Waals surface area (Å²) in [5, 5.41) is 3.70. The molecule has 3 N–H and O–H groups in total. The summed E-state index contributed by atoms with van der Waals surface area (Å²) in [6, 6.07) is 6.75. The van der Waals surface area contributed by atoms with Crippen LogP contribution in [0.4, 0.5) is 5.82 Å². The molecule has 0 radical (unpaired) electrons. The van der Waals surface area contributed by atoms with E-state index < -0.39 is 0 Å². The van der Waals surface area contributed by atoms with Crippen LogP contribution in [0.15, 0.2) is 18.2 Å². The Balaban J connectivity index is 1.84. The van der Waals surface area contributed by atoms with Gasteiger partial charge in [0.2, 0.25) is 0 Å². The summed E-state index contributed by atoms with van der Waals surface area (Å²) in [4.78, 5) is 7.01. The van der Waals surface area contributed by atoms with Gasteiger partial charge in [-0.3, -0.25) is 0 Å². The summed E-state index contributed by atoms with van der Waals surface area (Å²) >= 11 is 0. The molecule has 3 heterocycles. The first-order valence-electron chi connectivity index (χ1n) is 6.37. The van der Waals surface area contributed by atoms with Crippen molar-refractivity contribution in [3.8, 4) is 0 Å². The van der Waals surface area contributed by atoms with Gasteiger partial charge in [0.05, 0.1) is 5.69 Å². The molecule has 92 valence electrons. The third kappa shape index (κ3) is 2.03. The van der Waals surface area contributed by atoms with Crippen LogP contribution >= 0.6 is 0 Å². The van der Waals surface area contributed by atoms with Gasteiger partial charge in [-0.1, -0.05) is 6.07 Å². The number of nitrogens with zero attached hydrogens (tertiary/aromatic N) is 2. The summed E-state index contributed by atoms with van der Waals surface area (Å²) in [6.07, 6.45) is 2.55. The Hall–Kier alpha value is -1.13. The zero-order valence-electron chi connectivity index (χ0n) is 10.3. The fraction of sp³-hybridized carbons (Fsp3) is 0.615. The van der Waals surface area contributed by atoms with Crippen LogP contribution in [0.3, 0.4) is 0 Å². The van der Waals surface area contributed by atoms with E-state index in [-0.39, 0.29) is 5.54 Å². The molecule has 0 unspecified atom stereocenters. The summed E-state index contributed by atoms with van der Waals surface area (Å²) in [5.41, 5.74) is 6.89. The van der Waals surface area contributed by atoms with Crippen LogP contribution in [-0.4, -0.2) is 29.7 Å². The quantitative estimate of drug-likeness (QED) is 0.794. The number of hydrogen-bond acceptors (Lipinski definition) is 4. The molecule has 0 spiro atoms. The second-order valence-corrected chi connectivity index (χ2v) is 5.51. The second kappa shape index (κ2) is 3.96. The van der Waals surface area contributed by atoms with Crippen molar-refractivity contribution in [2.24, 2.45) is 5.73 Å². The van der Waals surface area contributed by atoms with Crippen molar-refractivity contribution < 1.29 is 0 Å². The molecular weight excluding hydrogens is 212 g/mol. The Labute approximate surface area is 102 Å². The summed E-state index contributed by atoms with van der Waals surface area (Å²) < 4.78 is 0. The number of nitrogens with one attached hydrogen (secondary N) is 1. The Kier molecular flexibility index (Phi) is 2.56. The molecule has 2 saturated heterocycles. The first-order valence-corrected chi connectivity index (χ1v) is 6.37. The molecule has 4 nitrogen and oxygen atoms in total. The average molecular weight is 232 g/mol. The predicted octanol–water partition coefficient (Wildman–Crippen LogP) is 0.871. The lowest BCUT2D eigenvalue weighted by Gasteiger charge is -2.40. The third-order valence-electron chi connectivity index (χ3n) is 3.90.